The van der Waals surface area contributed by atoms with Crippen molar-refractivity contribution in [2.45, 2.75) is 16.8 Å². The number of carbonyl (C=O) groups excluding carboxylic acids is 1. The molecule has 1 amide bonds. The zero-order valence-electron chi connectivity index (χ0n) is 21.0. The molecule has 0 fully saturated rings. The number of hydrogen-bond acceptors (Lipinski definition) is 7. The number of amides is 1. The van der Waals surface area contributed by atoms with Crippen LogP contribution in [0, 0.1) is 0 Å². The van der Waals surface area contributed by atoms with Gasteiger partial charge >= 0.3 is 0 Å². The van der Waals surface area contributed by atoms with Crippen LogP contribution in [-0.2, 0) is 30.6 Å². The van der Waals surface area contributed by atoms with E-state index < -0.39 is 32.1 Å². The maximum atomic E-state index is 13.3. The summed E-state index contributed by atoms with van der Waals surface area (Å²) in [5.74, 6) is 0.0619. The van der Waals surface area contributed by atoms with Crippen LogP contribution >= 0.6 is 0 Å². The Labute approximate surface area is 222 Å². The van der Waals surface area contributed by atoms with E-state index in [9.17, 15) is 21.6 Å². The quantitative estimate of drug-likeness (QED) is 0.378. The van der Waals surface area contributed by atoms with Gasteiger partial charge in [-0.05, 0) is 42.0 Å². The second kappa shape index (κ2) is 11.4. The number of fused-ring (bicyclic) bond motifs is 1. The smallest absolute Gasteiger partial charge is 0.263 e. The van der Waals surface area contributed by atoms with Crippen LogP contribution in [0.2, 0.25) is 0 Å². The summed E-state index contributed by atoms with van der Waals surface area (Å²) in [6.07, 6.45) is -1.05. The number of anilines is 1. The van der Waals surface area contributed by atoms with Gasteiger partial charge in [-0.1, -0.05) is 42.5 Å². The van der Waals surface area contributed by atoms with Gasteiger partial charge < -0.3 is 14.8 Å². The summed E-state index contributed by atoms with van der Waals surface area (Å²) in [7, 11) is -4.42. The molecule has 202 valence electrons. The third kappa shape index (κ3) is 6.26. The van der Waals surface area contributed by atoms with E-state index in [0.717, 1.165) is 4.31 Å². The fraction of sp³-hybridized carbons (Fsp3) is 0.269. The Morgan fingerprint density at radius 3 is 2.32 bits per heavy atom. The second-order valence-corrected chi connectivity index (χ2v) is 12.8. The summed E-state index contributed by atoms with van der Waals surface area (Å²) < 4.78 is 64.7. The van der Waals surface area contributed by atoms with Crippen molar-refractivity contribution in [2.24, 2.45) is 0 Å². The molecule has 1 aliphatic rings. The van der Waals surface area contributed by atoms with Crippen LogP contribution < -0.4 is 19.1 Å². The van der Waals surface area contributed by atoms with Crippen molar-refractivity contribution in [3.63, 3.8) is 0 Å². The first-order chi connectivity index (χ1) is 18.1. The molecule has 1 heterocycles. The summed E-state index contributed by atoms with van der Waals surface area (Å²) in [6, 6.07) is 21.5. The highest BCUT2D eigenvalue weighted by Gasteiger charge is 2.36. The normalized spacial score (nSPS) is 15.4. The van der Waals surface area contributed by atoms with E-state index in [1.54, 1.807) is 48.5 Å². The molecular formula is C26H29N3O7S2. The van der Waals surface area contributed by atoms with Gasteiger partial charge in [-0.15, -0.1) is 0 Å². The van der Waals surface area contributed by atoms with Crippen molar-refractivity contribution < 1.29 is 31.1 Å². The predicted octanol–water partition coefficient (Wildman–Crippen LogP) is 2.23. The van der Waals surface area contributed by atoms with Crippen molar-refractivity contribution in [1.29, 1.82) is 0 Å². The van der Waals surface area contributed by atoms with Crippen molar-refractivity contribution in [3.8, 4) is 11.5 Å². The number of nitrogens with zero attached hydrogens (tertiary/aromatic N) is 2. The number of nitrogens with one attached hydrogen (secondary N) is 1. The third-order valence-electron chi connectivity index (χ3n) is 5.83. The van der Waals surface area contributed by atoms with Gasteiger partial charge in [0.1, 0.15) is 18.1 Å². The zero-order chi connectivity index (χ0) is 27.3. The van der Waals surface area contributed by atoms with E-state index in [1.165, 1.54) is 42.7 Å². The molecule has 0 saturated carbocycles. The second-order valence-electron chi connectivity index (χ2n) is 8.75. The number of carbonyl (C=O) groups is 1. The maximum Gasteiger partial charge on any atom is 0.263 e. The molecule has 12 heteroatoms. The molecule has 1 aliphatic heterocycles. The van der Waals surface area contributed by atoms with Gasteiger partial charge in [0.2, 0.25) is 20.0 Å². The first-order valence-electron chi connectivity index (χ1n) is 11.8. The van der Waals surface area contributed by atoms with Crippen LogP contribution in [-0.4, -0.2) is 66.9 Å². The van der Waals surface area contributed by atoms with Gasteiger partial charge in [-0.3, -0.25) is 9.10 Å². The molecule has 0 radical (unpaired) electrons. The van der Waals surface area contributed by atoms with Crippen molar-refractivity contribution in [1.82, 2.24) is 9.62 Å². The molecule has 10 nitrogen and oxygen atoms in total. The molecule has 0 bridgehead atoms. The van der Waals surface area contributed by atoms with Crippen LogP contribution in [0.4, 0.5) is 5.69 Å². The molecule has 4 rings (SSSR count). The van der Waals surface area contributed by atoms with Gasteiger partial charge in [0.15, 0.2) is 6.10 Å². The Bertz CT molecular complexity index is 1480. The highest BCUT2D eigenvalue weighted by Crippen LogP contribution is 2.35. The molecule has 1 unspecified atom stereocenters. The number of rotatable bonds is 10. The highest BCUT2D eigenvalue weighted by atomic mass is 32.2. The molecule has 0 aliphatic carbocycles. The minimum Gasteiger partial charge on any atom is -0.492 e. The van der Waals surface area contributed by atoms with Crippen LogP contribution in [0.3, 0.4) is 0 Å². The first kappa shape index (κ1) is 27.4. The molecule has 0 saturated heterocycles. The van der Waals surface area contributed by atoms with Crippen LogP contribution in [0.1, 0.15) is 5.56 Å². The average molecular weight is 560 g/mol. The molecule has 0 aromatic heterocycles. The van der Waals surface area contributed by atoms with Crippen molar-refractivity contribution >= 4 is 31.6 Å². The molecule has 3 aromatic carbocycles. The first-order valence-corrected chi connectivity index (χ1v) is 14.9. The van der Waals surface area contributed by atoms with Gasteiger partial charge in [0.05, 0.1) is 29.4 Å². The Hall–Kier alpha value is -3.61. The van der Waals surface area contributed by atoms with E-state index in [-0.39, 0.29) is 30.3 Å². The van der Waals surface area contributed by atoms with Crippen molar-refractivity contribution in [3.05, 3.63) is 84.4 Å². The van der Waals surface area contributed by atoms with Gasteiger partial charge in [0, 0.05) is 14.1 Å². The number of ether oxygens (including phenoxy) is 2. The summed E-state index contributed by atoms with van der Waals surface area (Å²) >= 11 is 0. The highest BCUT2D eigenvalue weighted by molar-refractivity contribution is 7.92. The lowest BCUT2D eigenvalue weighted by Crippen LogP contribution is -2.51. The van der Waals surface area contributed by atoms with E-state index in [4.69, 9.17) is 9.47 Å². The lowest BCUT2D eigenvalue weighted by atomic mass is 10.2. The predicted molar refractivity (Wildman–Crippen MR) is 143 cm³/mol. The Morgan fingerprint density at radius 2 is 1.63 bits per heavy atom. The minimum absolute atomic E-state index is 0.116. The number of hydrogen-bond donors (Lipinski definition) is 1. The number of para-hydroxylation sites is 2. The SMILES string of the molecule is CN(C)S(=O)(=O)c1ccc(OCCNC(=O)C2CN(S(=O)(=O)Cc3ccccc3)c3ccccc3O2)cc1. The van der Waals surface area contributed by atoms with Crippen molar-refractivity contribution in [2.75, 3.05) is 38.1 Å². The maximum absolute atomic E-state index is 13.3. The van der Waals surface area contributed by atoms with E-state index in [2.05, 4.69) is 5.32 Å². The molecule has 3 aromatic rings. The average Bonchev–Trinajstić information content (AvgIpc) is 2.90. The molecule has 1 N–H and O–H groups in total. The molecule has 38 heavy (non-hydrogen) atoms. The van der Waals surface area contributed by atoms with E-state index >= 15 is 0 Å². The summed E-state index contributed by atoms with van der Waals surface area (Å²) in [5.41, 5.74) is 1.03. The molecule has 0 spiro atoms. The van der Waals surface area contributed by atoms with Gasteiger partial charge in [-0.25, -0.2) is 21.1 Å². The van der Waals surface area contributed by atoms with Crippen LogP contribution in [0.5, 0.6) is 11.5 Å². The molecular weight excluding hydrogens is 530 g/mol. The Morgan fingerprint density at radius 1 is 0.974 bits per heavy atom. The van der Waals surface area contributed by atoms with Gasteiger partial charge in [0.25, 0.3) is 5.91 Å². The monoisotopic (exact) mass is 559 g/mol. The third-order valence-corrected chi connectivity index (χ3v) is 9.37. The summed E-state index contributed by atoms with van der Waals surface area (Å²) in [4.78, 5) is 13.0. The number of benzene rings is 3. The molecule has 1 atom stereocenters. The van der Waals surface area contributed by atoms with Crippen LogP contribution in [0.15, 0.2) is 83.8 Å². The van der Waals surface area contributed by atoms with Crippen LogP contribution in [0.25, 0.3) is 0 Å². The van der Waals surface area contributed by atoms with E-state index in [1.807, 2.05) is 6.07 Å². The minimum atomic E-state index is -3.79. The Kier molecular flexibility index (Phi) is 8.24. The lowest BCUT2D eigenvalue weighted by molar-refractivity contribution is -0.127. The topological polar surface area (TPSA) is 122 Å². The fourth-order valence-electron chi connectivity index (χ4n) is 3.84. The van der Waals surface area contributed by atoms with E-state index in [0.29, 0.717) is 22.7 Å². The zero-order valence-corrected chi connectivity index (χ0v) is 22.6. The lowest BCUT2D eigenvalue weighted by Gasteiger charge is -2.34. The number of sulfonamides is 2. The summed E-state index contributed by atoms with van der Waals surface area (Å²) in [6.45, 7) is 0.0837. The summed E-state index contributed by atoms with van der Waals surface area (Å²) in [5, 5.41) is 2.71. The standard InChI is InChI=1S/C26H29N3O7S2/c1-28(2)38(33,34)22-14-12-21(13-15-22)35-17-16-27-26(30)25-18-29(23-10-6-7-11-24(23)36-25)37(31,32)19-20-8-4-3-5-9-20/h3-15,25H,16-19H2,1-2H3,(H,27,30). The Balaban J connectivity index is 1.36. The largest absolute Gasteiger partial charge is 0.492 e. The van der Waals surface area contributed by atoms with Gasteiger partial charge in [-0.2, -0.15) is 0 Å². The fourth-order valence-corrected chi connectivity index (χ4v) is 6.32.